The second-order valence-corrected chi connectivity index (χ2v) is 7.38. The monoisotopic (exact) mass is 359 g/mol. The van der Waals surface area contributed by atoms with E-state index in [1.165, 1.54) is 95.5 Å². The third-order valence-electron chi connectivity index (χ3n) is 4.66. The summed E-state index contributed by atoms with van der Waals surface area (Å²) >= 11 is 0. The highest BCUT2D eigenvalue weighted by Gasteiger charge is 1.90. The molecule has 0 aliphatic heterocycles. The fourth-order valence-electron chi connectivity index (χ4n) is 2.93. The molecule has 0 bridgehead atoms. The lowest BCUT2D eigenvalue weighted by molar-refractivity contribution is 0.599. The average Bonchev–Trinajstić information content (AvgIpc) is 2.66. The van der Waals surface area contributed by atoms with Crippen molar-refractivity contribution in [2.45, 2.75) is 104 Å². The minimum Gasteiger partial charge on any atom is -0.330 e. The first-order chi connectivity index (χ1) is 12.8. The molecule has 0 radical (unpaired) electrons. The van der Waals surface area contributed by atoms with Crippen molar-refractivity contribution in [2.24, 2.45) is 5.73 Å². The molecule has 0 unspecified atom stereocenters. The zero-order valence-electron chi connectivity index (χ0n) is 17.7. The predicted molar refractivity (Wildman–Crippen MR) is 120 cm³/mol. The molecule has 0 aliphatic rings. The summed E-state index contributed by atoms with van der Waals surface area (Å²) in [5, 5.41) is 0. The van der Waals surface area contributed by atoms with E-state index in [0.29, 0.717) is 0 Å². The maximum Gasteiger partial charge on any atom is -0.00773 e. The van der Waals surface area contributed by atoms with Gasteiger partial charge in [0.1, 0.15) is 0 Å². The molecule has 0 amide bonds. The first kappa shape index (κ1) is 24.9. The van der Waals surface area contributed by atoms with Gasteiger partial charge in [-0.3, -0.25) is 0 Å². The molecular formula is C25H45N. The Balaban J connectivity index is 0.000000735. The zero-order chi connectivity index (χ0) is 19.1. The van der Waals surface area contributed by atoms with E-state index in [9.17, 15) is 0 Å². The Morgan fingerprint density at radius 1 is 0.654 bits per heavy atom. The van der Waals surface area contributed by atoms with Gasteiger partial charge in [0.25, 0.3) is 0 Å². The van der Waals surface area contributed by atoms with Gasteiger partial charge >= 0.3 is 0 Å². The number of unbranched alkanes of at least 4 members (excludes halogenated alkanes) is 12. The van der Waals surface area contributed by atoms with E-state index in [-0.39, 0.29) is 0 Å². The number of allylic oxidation sites excluding steroid dienone is 2. The van der Waals surface area contributed by atoms with Crippen LogP contribution >= 0.6 is 0 Å². The molecule has 1 heteroatoms. The highest BCUT2D eigenvalue weighted by molar-refractivity contribution is 5.11. The first-order valence-electron chi connectivity index (χ1n) is 11.2. The second kappa shape index (κ2) is 22.0. The molecule has 1 aromatic rings. The van der Waals surface area contributed by atoms with Crippen LogP contribution < -0.4 is 5.73 Å². The lowest BCUT2D eigenvalue weighted by atomic mass is 10.1. The molecule has 0 atom stereocenters. The zero-order valence-corrected chi connectivity index (χ0v) is 17.7. The Bertz CT molecular complexity index is 382. The van der Waals surface area contributed by atoms with Crippen molar-refractivity contribution in [2.75, 3.05) is 6.54 Å². The van der Waals surface area contributed by atoms with Gasteiger partial charge in [-0.1, -0.05) is 113 Å². The van der Waals surface area contributed by atoms with Crippen molar-refractivity contribution < 1.29 is 0 Å². The second-order valence-electron chi connectivity index (χ2n) is 7.38. The summed E-state index contributed by atoms with van der Waals surface area (Å²) in [7, 11) is 0. The van der Waals surface area contributed by atoms with Crippen molar-refractivity contribution in [3.63, 3.8) is 0 Å². The van der Waals surface area contributed by atoms with Gasteiger partial charge in [-0.15, -0.1) is 0 Å². The summed E-state index contributed by atoms with van der Waals surface area (Å²) in [4.78, 5) is 0. The van der Waals surface area contributed by atoms with Gasteiger partial charge < -0.3 is 5.73 Å². The van der Waals surface area contributed by atoms with Crippen LogP contribution in [0.5, 0.6) is 0 Å². The molecule has 0 heterocycles. The van der Waals surface area contributed by atoms with Crippen LogP contribution in [-0.2, 0) is 0 Å². The first-order valence-corrected chi connectivity index (χ1v) is 11.2. The molecule has 1 nitrogen and oxygen atoms in total. The molecule has 0 aliphatic carbocycles. The molecule has 1 rings (SSSR count). The maximum absolute atomic E-state index is 5.47. The van der Waals surface area contributed by atoms with Gasteiger partial charge in [-0.25, -0.2) is 0 Å². The van der Waals surface area contributed by atoms with Crippen LogP contribution in [0.15, 0.2) is 42.5 Å². The largest absolute Gasteiger partial charge is 0.330 e. The maximum atomic E-state index is 5.47. The van der Waals surface area contributed by atoms with E-state index < -0.39 is 0 Å². The molecular weight excluding hydrogens is 314 g/mol. The van der Waals surface area contributed by atoms with Crippen LogP contribution in [0.4, 0.5) is 0 Å². The smallest absolute Gasteiger partial charge is 0.00773 e. The van der Waals surface area contributed by atoms with Gasteiger partial charge in [0, 0.05) is 0 Å². The Hall–Kier alpha value is -1.08. The summed E-state index contributed by atoms with van der Waals surface area (Å²) in [5.41, 5.74) is 6.80. The van der Waals surface area contributed by atoms with E-state index in [1.54, 1.807) is 0 Å². The quantitative estimate of drug-likeness (QED) is 0.249. The fraction of sp³-hybridized carbons (Fsp3) is 0.680. The molecule has 1 aromatic carbocycles. The average molecular weight is 360 g/mol. The molecule has 0 saturated carbocycles. The van der Waals surface area contributed by atoms with E-state index in [4.69, 9.17) is 5.73 Å². The van der Waals surface area contributed by atoms with Crippen molar-refractivity contribution in [3.05, 3.63) is 48.0 Å². The van der Waals surface area contributed by atoms with Crippen LogP contribution in [0, 0.1) is 6.92 Å². The van der Waals surface area contributed by atoms with Crippen molar-refractivity contribution in [1.82, 2.24) is 0 Å². The van der Waals surface area contributed by atoms with E-state index in [0.717, 1.165) is 6.54 Å². The molecule has 0 spiro atoms. The highest BCUT2D eigenvalue weighted by atomic mass is 14.5. The number of hydrogen-bond acceptors (Lipinski definition) is 1. The van der Waals surface area contributed by atoms with E-state index in [1.807, 2.05) is 18.2 Å². The third kappa shape index (κ3) is 21.0. The van der Waals surface area contributed by atoms with Gasteiger partial charge in [0.2, 0.25) is 0 Å². The molecule has 0 saturated heterocycles. The standard InChI is InChI=1S/C18H37N.C7H8/c1-2-3-4-5-6-7-8-9-10-11-12-13-14-15-16-17-18-19;1-7-5-3-2-4-6-7/h9-10H,2-8,11-19H2,1H3;2-6H,1H3. The Morgan fingerprint density at radius 3 is 1.54 bits per heavy atom. The Morgan fingerprint density at radius 2 is 1.12 bits per heavy atom. The number of rotatable bonds is 15. The number of hydrogen-bond donors (Lipinski definition) is 1. The molecule has 2 N–H and O–H groups in total. The lowest BCUT2D eigenvalue weighted by Gasteiger charge is -1.99. The molecule has 0 fully saturated rings. The van der Waals surface area contributed by atoms with Gasteiger partial charge in [0.15, 0.2) is 0 Å². The Labute approximate surface area is 164 Å². The number of benzene rings is 1. The minimum absolute atomic E-state index is 0.862. The van der Waals surface area contributed by atoms with Crippen molar-refractivity contribution in [1.29, 1.82) is 0 Å². The third-order valence-corrected chi connectivity index (χ3v) is 4.66. The summed E-state index contributed by atoms with van der Waals surface area (Å²) in [5.74, 6) is 0. The molecule has 26 heavy (non-hydrogen) atoms. The topological polar surface area (TPSA) is 26.0 Å². The van der Waals surface area contributed by atoms with Crippen LogP contribution in [0.25, 0.3) is 0 Å². The highest BCUT2D eigenvalue weighted by Crippen LogP contribution is 2.09. The van der Waals surface area contributed by atoms with Crippen LogP contribution in [0.1, 0.15) is 102 Å². The van der Waals surface area contributed by atoms with E-state index >= 15 is 0 Å². The van der Waals surface area contributed by atoms with Crippen molar-refractivity contribution in [3.8, 4) is 0 Å². The number of nitrogens with two attached hydrogens (primary N) is 1. The van der Waals surface area contributed by atoms with Crippen molar-refractivity contribution >= 4 is 0 Å². The van der Waals surface area contributed by atoms with Crippen LogP contribution in [-0.4, -0.2) is 6.54 Å². The minimum atomic E-state index is 0.862. The normalized spacial score (nSPS) is 10.7. The summed E-state index contributed by atoms with van der Waals surface area (Å²) in [6.07, 6.45) is 23.9. The summed E-state index contributed by atoms with van der Waals surface area (Å²) < 4.78 is 0. The lowest BCUT2D eigenvalue weighted by Crippen LogP contribution is -1.97. The van der Waals surface area contributed by atoms with E-state index in [2.05, 4.69) is 38.1 Å². The molecule has 150 valence electrons. The SMILES string of the molecule is CCCCCCCCC=CCCCCCCCCN.Cc1ccccc1. The predicted octanol–water partition coefficient (Wildman–Crippen LogP) is 7.98. The molecule has 0 aromatic heterocycles. The van der Waals surface area contributed by atoms with Gasteiger partial charge in [-0.2, -0.15) is 0 Å². The Kier molecular flexibility index (Phi) is 21.0. The van der Waals surface area contributed by atoms with Crippen LogP contribution in [0.2, 0.25) is 0 Å². The summed E-state index contributed by atoms with van der Waals surface area (Å²) in [6, 6.07) is 10.3. The number of aryl methyl sites for hydroxylation is 1. The summed E-state index contributed by atoms with van der Waals surface area (Å²) in [6.45, 7) is 5.22. The van der Waals surface area contributed by atoms with Gasteiger partial charge in [0.05, 0.1) is 0 Å². The van der Waals surface area contributed by atoms with Gasteiger partial charge in [-0.05, 0) is 45.6 Å². The van der Waals surface area contributed by atoms with Crippen LogP contribution in [0.3, 0.4) is 0 Å². The fourth-order valence-corrected chi connectivity index (χ4v) is 2.93.